The molecule has 0 heterocycles. The molecule has 19 heavy (non-hydrogen) atoms. The maximum atomic E-state index is 11.0. The largest absolute Gasteiger partial charge is 0.340 e. The van der Waals surface area contributed by atoms with Gasteiger partial charge in [-0.25, -0.2) is 0 Å². The van der Waals surface area contributed by atoms with Crippen molar-refractivity contribution in [3.05, 3.63) is 30.3 Å². The van der Waals surface area contributed by atoms with E-state index >= 15 is 0 Å². The Labute approximate surface area is 115 Å². The highest BCUT2D eigenvalue weighted by atomic mass is 32.2. The lowest BCUT2D eigenvalue weighted by molar-refractivity contribution is 0.335. The molecule has 0 aliphatic rings. The first kappa shape index (κ1) is 16.9. The Morgan fingerprint density at radius 1 is 1.00 bits per heavy atom. The average Bonchev–Trinajstić information content (AvgIpc) is 2.26. The maximum Gasteiger partial charge on any atom is 0.340 e. The van der Waals surface area contributed by atoms with Gasteiger partial charge in [0.25, 0.3) is 0 Å². The van der Waals surface area contributed by atoms with Gasteiger partial charge in [0.15, 0.2) is 5.40 Å². The van der Waals surface area contributed by atoms with Crippen LogP contribution in [0, 0.1) is 0 Å². The molecule has 0 spiro atoms. The zero-order chi connectivity index (χ0) is 14.5. The first-order chi connectivity index (χ1) is 8.71. The predicted octanol–water partition coefficient (Wildman–Crippen LogP) is 2.24. The smallest absolute Gasteiger partial charge is 0.324 e. The molecule has 1 rings (SSSR count). The van der Waals surface area contributed by atoms with E-state index in [0.29, 0.717) is 12.2 Å². The molecule has 9 heteroatoms. The summed E-state index contributed by atoms with van der Waals surface area (Å²) >= 11 is 1.48. The van der Waals surface area contributed by atoms with E-state index in [1.54, 1.807) is 0 Å². The summed E-state index contributed by atoms with van der Waals surface area (Å²) in [7, 11) is -9.56. The Kier molecular flexibility index (Phi) is 6.27. The van der Waals surface area contributed by atoms with E-state index in [1.165, 1.54) is 11.8 Å². The Bertz CT molecular complexity index is 460. The number of hydrogen-bond donors (Lipinski definition) is 4. The van der Waals surface area contributed by atoms with Crippen molar-refractivity contribution in [3.8, 4) is 0 Å². The summed E-state index contributed by atoms with van der Waals surface area (Å²) in [5, 5.41) is -1.89. The quantitative estimate of drug-likeness (QED) is 0.345. The van der Waals surface area contributed by atoms with Crippen LogP contribution in [0.2, 0.25) is 0 Å². The van der Waals surface area contributed by atoms with E-state index in [4.69, 9.17) is 19.6 Å². The second-order valence-electron chi connectivity index (χ2n) is 3.96. The van der Waals surface area contributed by atoms with Crippen molar-refractivity contribution in [1.82, 2.24) is 0 Å². The zero-order valence-electron chi connectivity index (χ0n) is 9.99. The van der Waals surface area contributed by atoms with E-state index < -0.39 is 20.6 Å². The molecular formula is C10H16O6P2S. The highest BCUT2D eigenvalue weighted by Gasteiger charge is 2.42. The molecule has 0 amide bonds. The van der Waals surface area contributed by atoms with Crippen LogP contribution in [-0.2, 0) is 9.13 Å². The van der Waals surface area contributed by atoms with Gasteiger partial charge in [-0.2, -0.15) is 0 Å². The highest BCUT2D eigenvalue weighted by Crippen LogP contribution is 2.61. The van der Waals surface area contributed by atoms with Crippen molar-refractivity contribution >= 4 is 27.0 Å². The lowest BCUT2D eigenvalue weighted by atomic mass is 10.4. The molecule has 0 aliphatic carbocycles. The lowest BCUT2D eigenvalue weighted by Gasteiger charge is -2.19. The van der Waals surface area contributed by atoms with Crippen molar-refractivity contribution < 1.29 is 28.7 Å². The standard InChI is InChI=1S/C10H16O6P2S/c11-17(12,13)10(18(14,15)16)7-4-8-19-9-5-2-1-3-6-9/h1-3,5-6,10H,4,7-8H2,(H2,11,12,13)(H2,14,15,16). The molecule has 4 N–H and O–H groups in total. The Balaban J connectivity index is 2.46. The third-order valence-corrected chi connectivity index (χ3v) is 7.37. The second kappa shape index (κ2) is 7.04. The number of thioether (sulfide) groups is 1. The van der Waals surface area contributed by atoms with Gasteiger partial charge in [0.05, 0.1) is 0 Å². The lowest BCUT2D eigenvalue weighted by Crippen LogP contribution is -2.09. The summed E-state index contributed by atoms with van der Waals surface area (Å²) in [5.41, 5.74) is 0. The Morgan fingerprint density at radius 3 is 2.00 bits per heavy atom. The van der Waals surface area contributed by atoms with Gasteiger partial charge in [0, 0.05) is 4.90 Å². The van der Waals surface area contributed by atoms with E-state index in [1.807, 2.05) is 30.3 Å². The third kappa shape index (κ3) is 6.23. The molecular weight excluding hydrogens is 310 g/mol. The zero-order valence-corrected chi connectivity index (χ0v) is 12.6. The van der Waals surface area contributed by atoms with Gasteiger partial charge in [0.1, 0.15) is 0 Å². The second-order valence-corrected chi connectivity index (χ2v) is 9.14. The summed E-state index contributed by atoms with van der Waals surface area (Å²) in [6.45, 7) is 0. The van der Waals surface area contributed by atoms with Gasteiger partial charge in [-0.3, -0.25) is 9.13 Å². The normalized spacial score (nSPS) is 12.9. The summed E-state index contributed by atoms with van der Waals surface area (Å²) in [4.78, 5) is 36.8. The predicted molar refractivity (Wildman–Crippen MR) is 74.3 cm³/mol. The van der Waals surface area contributed by atoms with Crippen LogP contribution in [0.4, 0.5) is 0 Å². The minimum atomic E-state index is -4.78. The number of benzene rings is 1. The van der Waals surface area contributed by atoms with Gasteiger partial charge >= 0.3 is 15.2 Å². The monoisotopic (exact) mass is 326 g/mol. The van der Waals surface area contributed by atoms with Crippen LogP contribution in [0.5, 0.6) is 0 Å². The van der Waals surface area contributed by atoms with Crippen molar-refractivity contribution in [1.29, 1.82) is 0 Å². The van der Waals surface area contributed by atoms with E-state index in [0.717, 1.165) is 4.90 Å². The molecule has 1 aromatic carbocycles. The van der Waals surface area contributed by atoms with Crippen LogP contribution in [0.15, 0.2) is 35.2 Å². The first-order valence-electron chi connectivity index (χ1n) is 5.49. The molecule has 6 nitrogen and oxygen atoms in total. The van der Waals surface area contributed by atoms with Crippen LogP contribution in [0.3, 0.4) is 0 Å². The number of hydrogen-bond acceptors (Lipinski definition) is 3. The molecule has 0 aliphatic heterocycles. The van der Waals surface area contributed by atoms with Crippen molar-refractivity contribution in [2.24, 2.45) is 0 Å². The fourth-order valence-corrected chi connectivity index (χ4v) is 5.01. The van der Waals surface area contributed by atoms with Crippen LogP contribution in [0.25, 0.3) is 0 Å². The van der Waals surface area contributed by atoms with Crippen LogP contribution < -0.4 is 0 Å². The fraction of sp³-hybridized carbons (Fsp3) is 0.400. The van der Waals surface area contributed by atoms with Crippen molar-refractivity contribution in [2.75, 3.05) is 5.75 Å². The van der Waals surface area contributed by atoms with Crippen molar-refractivity contribution in [2.45, 2.75) is 23.1 Å². The highest BCUT2D eigenvalue weighted by molar-refractivity contribution is 7.99. The topological polar surface area (TPSA) is 115 Å². The first-order valence-corrected chi connectivity index (χ1v) is 9.84. The van der Waals surface area contributed by atoms with E-state index in [2.05, 4.69) is 0 Å². The van der Waals surface area contributed by atoms with Crippen LogP contribution in [0.1, 0.15) is 12.8 Å². The van der Waals surface area contributed by atoms with E-state index in [-0.39, 0.29) is 6.42 Å². The molecule has 0 saturated heterocycles. The molecule has 0 bridgehead atoms. The molecule has 0 unspecified atom stereocenters. The molecule has 0 fully saturated rings. The fourth-order valence-electron chi connectivity index (χ4n) is 1.50. The molecule has 0 aromatic heterocycles. The van der Waals surface area contributed by atoms with Gasteiger partial charge in [-0.1, -0.05) is 18.2 Å². The molecule has 0 atom stereocenters. The minimum absolute atomic E-state index is 0.200. The summed E-state index contributed by atoms with van der Waals surface area (Å²) < 4.78 is 22.1. The van der Waals surface area contributed by atoms with Gasteiger partial charge < -0.3 is 19.6 Å². The van der Waals surface area contributed by atoms with E-state index in [9.17, 15) is 9.13 Å². The molecule has 108 valence electrons. The van der Waals surface area contributed by atoms with Gasteiger partial charge in [-0.15, -0.1) is 11.8 Å². The molecule has 1 aromatic rings. The molecule has 0 radical (unpaired) electrons. The molecule has 0 saturated carbocycles. The third-order valence-electron chi connectivity index (χ3n) is 2.40. The van der Waals surface area contributed by atoms with Crippen molar-refractivity contribution in [3.63, 3.8) is 0 Å². The van der Waals surface area contributed by atoms with Gasteiger partial charge in [0.2, 0.25) is 0 Å². The Hall–Kier alpha value is -0.130. The number of rotatable bonds is 7. The summed E-state index contributed by atoms with van der Waals surface area (Å²) in [5.74, 6) is 0.542. The average molecular weight is 326 g/mol. The van der Waals surface area contributed by atoms with Gasteiger partial charge in [-0.05, 0) is 30.7 Å². The van der Waals surface area contributed by atoms with Crippen LogP contribution in [-0.4, -0.2) is 30.7 Å². The summed E-state index contributed by atoms with van der Waals surface area (Å²) in [6.07, 6.45) is 0.120. The maximum absolute atomic E-state index is 11.0. The Morgan fingerprint density at radius 2 is 1.53 bits per heavy atom. The minimum Gasteiger partial charge on any atom is -0.324 e. The van der Waals surface area contributed by atoms with Crippen LogP contribution >= 0.6 is 27.0 Å². The SMILES string of the molecule is O=P(O)(O)C(CCCSc1ccccc1)P(=O)(O)O. The summed E-state index contributed by atoms with van der Waals surface area (Å²) in [6, 6.07) is 9.41.